The van der Waals surface area contributed by atoms with Gasteiger partial charge in [0.25, 0.3) is 0 Å². The standard InChI is InChI=1S/C15H27N3OS/c1-3-18-10-6-7-12(18)11-17(2)14(19)15(13(16)20)8-4-5-9-15/h12H,3-11H2,1-2H3,(H2,16,20). The first kappa shape index (κ1) is 15.7. The zero-order valence-electron chi connectivity index (χ0n) is 12.7. The smallest absolute Gasteiger partial charge is 0.235 e. The van der Waals surface area contributed by atoms with Gasteiger partial charge in [0.15, 0.2) is 0 Å². The highest BCUT2D eigenvalue weighted by molar-refractivity contribution is 7.80. The fourth-order valence-electron chi connectivity index (χ4n) is 3.83. The van der Waals surface area contributed by atoms with E-state index in [-0.39, 0.29) is 5.91 Å². The summed E-state index contributed by atoms with van der Waals surface area (Å²) in [7, 11) is 1.91. The molecule has 1 saturated carbocycles. The van der Waals surface area contributed by atoms with Crippen LogP contribution in [0, 0.1) is 5.41 Å². The van der Waals surface area contributed by atoms with Crippen LogP contribution in [0.1, 0.15) is 45.4 Å². The van der Waals surface area contributed by atoms with Crippen molar-refractivity contribution in [2.45, 2.75) is 51.5 Å². The van der Waals surface area contributed by atoms with Gasteiger partial charge < -0.3 is 10.6 Å². The van der Waals surface area contributed by atoms with E-state index >= 15 is 0 Å². The second-order valence-corrected chi connectivity index (χ2v) is 6.70. The van der Waals surface area contributed by atoms with E-state index in [0.29, 0.717) is 11.0 Å². The van der Waals surface area contributed by atoms with Gasteiger partial charge in [0.2, 0.25) is 5.91 Å². The Hall–Kier alpha value is -0.680. The number of carbonyl (C=O) groups is 1. The van der Waals surface area contributed by atoms with Crippen LogP contribution >= 0.6 is 12.2 Å². The average Bonchev–Trinajstić information content (AvgIpc) is 3.06. The Labute approximate surface area is 127 Å². The van der Waals surface area contributed by atoms with Crippen molar-refractivity contribution < 1.29 is 4.79 Å². The van der Waals surface area contributed by atoms with Gasteiger partial charge in [-0.05, 0) is 38.8 Å². The molecule has 1 aliphatic heterocycles. The van der Waals surface area contributed by atoms with Crippen LogP contribution in [-0.4, -0.2) is 53.4 Å². The summed E-state index contributed by atoms with van der Waals surface area (Å²) in [5.41, 5.74) is 5.35. The molecule has 1 aliphatic carbocycles. The van der Waals surface area contributed by atoms with E-state index in [1.165, 1.54) is 12.8 Å². The summed E-state index contributed by atoms with van der Waals surface area (Å²) in [6.45, 7) is 5.21. The van der Waals surface area contributed by atoms with E-state index in [2.05, 4.69) is 11.8 Å². The summed E-state index contributed by atoms with van der Waals surface area (Å²) < 4.78 is 0. The van der Waals surface area contributed by atoms with Crippen LogP contribution in [-0.2, 0) is 4.79 Å². The molecule has 0 spiro atoms. The van der Waals surface area contributed by atoms with Crippen molar-refractivity contribution in [1.82, 2.24) is 9.80 Å². The first-order valence-electron chi connectivity index (χ1n) is 7.81. The summed E-state index contributed by atoms with van der Waals surface area (Å²) in [4.78, 5) is 17.6. The molecule has 0 radical (unpaired) electrons. The Kier molecular flexibility index (Phi) is 5.02. The molecular formula is C15H27N3OS. The number of thiocarbonyl (C=S) groups is 1. The van der Waals surface area contributed by atoms with Crippen molar-refractivity contribution in [2.24, 2.45) is 11.1 Å². The summed E-state index contributed by atoms with van der Waals surface area (Å²) in [6, 6.07) is 0.499. The predicted molar refractivity (Wildman–Crippen MR) is 85.6 cm³/mol. The first-order chi connectivity index (χ1) is 9.51. The van der Waals surface area contributed by atoms with Crippen LogP contribution in [0.15, 0.2) is 0 Å². The number of likely N-dealkylation sites (N-methyl/N-ethyl adjacent to an activating group) is 2. The maximum atomic E-state index is 12.8. The third kappa shape index (κ3) is 2.84. The van der Waals surface area contributed by atoms with Crippen molar-refractivity contribution in [3.8, 4) is 0 Å². The van der Waals surface area contributed by atoms with Gasteiger partial charge in [-0.3, -0.25) is 9.69 Å². The van der Waals surface area contributed by atoms with Crippen molar-refractivity contribution in [2.75, 3.05) is 26.7 Å². The molecule has 5 heteroatoms. The number of amides is 1. The van der Waals surface area contributed by atoms with Crippen LogP contribution < -0.4 is 5.73 Å². The van der Waals surface area contributed by atoms with Crippen LogP contribution in [0.3, 0.4) is 0 Å². The molecule has 1 heterocycles. The molecule has 0 bridgehead atoms. The second-order valence-electron chi connectivity index (χ2n) is 6.26. The molecule has 2 aliphatic rings. The Morgan fingerprint density at radius 2 is 2.05 bits per heavy atom. The maximum Gasteiger partial charge on any atom is 0.235 e. The minimum Gasteiger partial charge on any atom is -0.392 e. The van der Waals surface area contributed by atoms with Crippen LogP contribution in [0.25, 0.3) is 0 Å². The lowest BCUT2D eigenvalue weighted by molar-refractivity contribution is -0.137. The molecule has 2 fully saturated rings. The molecule has 0 aromatic carbocycles. The van der Waals surface area contributed by atoms with Crippen LogP contribution in [0.2, 0.25) is 0 Å². The zero-order valence-corrected chi connectivity index (χ0v) is 13.5. The number of likely N-dealkylation sites (tertiary alicyclic amines) is 1. The minimum absolute atomic E-state index is 0.144. The molecule has 2 N–H and O–H groups in total. The normalized spacial score (nSPS) is 25.8. The first-order valence-corrected chi connectivity index (χ1v) is 8.21. The van der Waals surface area contributed by atoms with Crippen molar-refractivity contribution >= 4 is 23.1 Å². The molecule has 1 atom stereocenters. The Morgan fingerprint density at radius 3 is 2.60 bits per heavy atom. The molecular weight excluding hydrogens is 270 g/mol. The highest BCUT2D eigenvalue weighted by Crippen LogP contribution is 2.40. The van der Waals surface area contributed by atoms with E-state index in [9.17, 15) is 4.79 Å². The highest BCUT2D eigenvalue weighted by Gasteiger charge is 2.45. The zero-order chi connectivity index (χ0) is 14.8. The molecule has 1 amide bonds. The van der Waals surface area contributed by atoms with Gasteiger partial charge in [0.05, 0.1) is 10.4 Å². The number of hydrogen-bond donors (Lipinski definition) is 1. The number of hydrogen-bond acceptors (Lipinski definition) is 3. The topological polar surface area (TPSA) is 49.6 Å². The van der Waals surface area contributed by atoms with E-state index in [1.807, 2.05) is 11.9 Å². The molecule has 2 rings (SSSR count). The van der Waals surface area contributed by atoms with Gasteiger partial charge >= 0.3 is 0 Å². The summed E-state index contributed by atoms with van der Waals surface area (Å²) >= 11 is 5.21. The number of nitrogens with zero attached hydrogens (tertiary/aromatic N) is 2. The maximum absolute atomic E-state index is 12.8. The van der Waals surface area contributed by atoms with Gasteiger partial charge in [0, 0.05) is 19.6 Å². The monoisotopic (exact) mass is 297 g/mol. The molecule has 4 nitrogen and oxygen atoms in total. The van der Waals surface area contributed by atoms with Crippen molar-refractivity contribution in [1.29, 1.82) is 0 Å². The Bertz CT molecular complexity index is 379. The van der Waals surface area contributed by atoms with E-state index in [0.717, 1.165) is 45.3 Å². The van der Waals surface area contributed by atoms with Crippen molar-refractivity contribution in [3.63, 3.8) is 0 Å². The largest absolute Gasteiger partial charge is 0.392 e. The van der Waals surface area contributed by atoms with E-state index in [4.69, 9.17) is 18.0 Å². The average molecular weight is 297 g/mol. The lowest BCUT2D eigenvalue weighted by Gasteiger charge is -2.34. The van der Waals surface area contributed by atoms with Gasteiger partial charge in [-0.15, -0.1) is 0 Å². The van der Waals surface area contributed by atoms with Crippen LogP contribution in [0.4, 0.5) is 0 Å². The minimum atomic E-state index is -0.556. The van der Waals surface area contributed by atoms with Gasteiger partial charge in [-0.1, -0.05) is 32.0 Å². The fraction of sp³-hybridized carbons (Fsp3) is 0.867. The van der Waals surface area contributed by atoms with E-state index in [1.54, 1.807) is 0 Å². The predicted octanol–water partition coefficient (Wildman–Crippen LogP) is 1.78. The summed E-state index contributed by atoms with van der Waals surface area (Å²) in [6.07, 6.45) is 6.19. The Balaban J connectivity index is 2.02. The summed E-state index contributed by atoms with van der Waals surface area (Å²) in [5, 5.41) is 0. The third-order valence-electron chi connectivity index (χ3n) is 5.07. The number of rotatable bonds is 5. The lowest BCUT2D eigenvalue weighted by Crippen LogP contribution is -2.50. The third-order valence-corrected chi connectivity index (χ3v) is 5.47. The molecule has 1 unspecified atom stereocenters. The molecule has 114 valence electrons. The molecule has 0 aromatic rings. The fourth-order valence-corrected chi connectivity index (χ4v) is 4.12. The summed E-state index contributed by atoms with van der Waals surface area (Å²) in [5.74, 6) is 0.144. The Morgan fingerprint density at radius 1 is 1.40 bits per heavy atom. The van der Waals surface area contributed by atoms with Gasteiger partial charge in [0.1, 0.15) is 0 Å². The molecule has 20 heavy (non-hydrogen) atoms. The quantitative estimate of drug-likeness (QED) is 0.786. The second kappa shape index (κ2) is 6.39. The van der Waals surface area contributed by atoms with Gasteiger partial charge in [-0.2, -0.15) is 0 Å². The highest BCUT2D eigenvalue weighted by atomic mass is 32.1. The van der Waals surface area contributed by atoms with E-state index < -0.39 is 5.41 Å². The van der Waals surface area contributed by atoms with Gasteiger partial charge in [-0.25, -0.2) is 0 Å². The van der Waals surface area contributed by atoms with Crippen LogP contribution in [0.5, 0.6) is 0 Å². The molecule has 1 saturated heterocycles. The van der Waals surface area contributed by atoms with Crippen molar-refractivity contribution in [3.05, 3.63) is 0 Å². The molecule has 0 aromatic heterocycles. The lowest BCUT2D eigenvalue weighted by atomic mass is 9.84. The number of nitrogens with two attached hydrogens (primary N) is 1. The SMILES string of the molecule is CCN1CCCC1CN(C)C(=O)C1(C(N)=S)CCCC1. The number of carbonyl (C=O) groups excluding carboxylic acids is 1.